The zero-order valence-corrected chi connectivity index (χ0v) is 8.73. The van der Waals surface area contributed by atoms with Crippen molar-refractivity contribution in [2.24, 2.45) is 7.05 Å². The van der Waals surface area contributed by atoms with Gasteiger partial charge in [0.05, 0.1) is 0 Å². The van der Waals surface area contributed by atoms with Crippen molar-refractivity contribution in [1.82, 2.24) is 14.8 Å². The number of pyridine rings is 1. The van der Waals surface area contributed by atoms with Crippen molar-refractivity contribution in [3.63, 3.8) is 0 Å². The predicted molar refractivity (Wildman–Crippen MR) is 54.5 cm³/mol. The van der Waals surface area contributed by atoms with Crippen molar-refractivity contribution in [3.8, 4) is 11.5 Å². The third-order valence-corrected chi connectivity index (χ3v) is 2.16. The van der Waals surface area contributed by atoms with Crippen LogP contribution in [0.25, 0.3) is 11.5 Å². The Balaban J connectivity index is 2.45. The molecule has 2 aromatic rings. The molecule has 0 saturated carbocycles. The first-order chi connectivity index (χ1) is 7.20. The molecule has 0 aliphatic rings. The average Bonchev–Trinajstić information content (AvgIpc) is 2.70. The molecule has 0 bridgehead atoms. The molecule has 0 unspecified atom stereocenters. The highest BCUT2D eigenvalue weighted by Gasteiger charge is 2.08. The number of nitrogens with zero attached hydrogens (tertiary/aromatic N) is 3. The van der Waals surface area contributed by atoms with E-state index < -0.39 is 0 Å². The average molecular weight is 226 g/mol. The van der Waals surface area contributed by atoms with E-state index in [2.05, 4.69) is 10.2 Å². The number of halogens is 1. The van der Waals surface area contributed by atoms with Gasteiger partial charge < -0.3 is 8.98 Å². The molecular formula is C9H8ClN3O2. The van der Waals surface area contributed by atoms with Gasteiger partial charge >= 0.3 is 0 Å². The largest absolute Gasteiger partial charge is 0.419 e. The first-order valence-corrected chi connectivity index (χ1v) is 4.79. The third kappa shape index (κ3) is 1.92. The van der Waals surface area contributed by atoms with Crippen molar-refractivity contribution in [2.45, 2.75) is 5.88 Å². The molecule has 0 radical (unpaired) electrons. The molecule has 0 spiro atoms. The quantitative estimate of drug-likeness (QED) is 0.720. The van der Waals surface area contributed by atoms with Gasteiger partial charge in [-0.1, -0.05) is 0 Å². The Bertz CT molecular complexity index is 532. The molecule has 0 amide bonds. The lowest BCUT2D eigenvalue weighted by Gasteiger charge is -1.96. The van der Waals surface area contributed by atoms with Gasteiger partial charge in [0.2, 0.25) is 11.8 Å². The van der Waals surface area contributed by atoms with E-state index in [4.69, 9.17) is 16.0 Å². The summed E-state index contributed by atoms with van der Waals surface area (Å²) < 4.78 is 6.67. The van der Waals surface area contributed by atoms with Crippen molar-refractivity contribution < 1.29 is 4.42 Å². The van der Waals surface area contributed by atoms with Gasteiger partial charge in [-0.3, -0.25) is 4.79 Å². The van der Waals surface area contributed by atoms with Gasteiger partial charge in [0.1, 0.15) is 5.88 Å². The summed E-state index contributed by atoms with van der Waals surface area (Å²) in [4.78, 5) is 11.3. The van der Waals surface area contributed by atoms with E-state index >= 15 is 0 Å². The van der Waals surface area contributed by atoms with Crippen LogP contribution >= 0.6 is 11.6 Å². The highest BCUT2D eigenvalue weighted by Crippen LogP contribution is 2.15. The number of alkyl halides is 1. The van der Waals surface area contributed by atoms with Crippen LogP contribution in [0.3, 0.4) is 0 Å². The Hall–Kier alpha value is -1.62. The SMILES string of the molecule is Cn1ccc(-c2nnc(CCl)o2)cc1=O. The van der Waals surface area contributed by atoms with Crippen LogP contribution in [0.2, 0.25) is 0 Å². The zero-order chi connectivity index (χ0) is 10.8. The minimum Gasteiger partial charge on any atom is -0.419 e. The molecule has 2 rings (SSSR count). The first-order valence-electron chi connectivity index (χ1n) is 4.26. The van der Waals surface area contributed by atoms with Crippen LogP contribution in [0.1, 0.15) is 5.89 Å². The molecule has 78 valence electrons. The van der Waals surface area contributed by atoms with Crippen molar-refractivity contribution >= 4 is 11.6 Å². The second-order valence-corrected chi connectivity index (χ2v) is 3.27. The molecule has 0 aromatic carbocycles. The smallest absolute Gasteiger partial charge is 0.251 e. The number of aryl methyl sites for hydroxylation is 1. The molecule has 0 aliphatic carbocycles. The van der Waals surface area contributed by atoms with E-state index in [-0.39, 0.29) is 11.4 Å². The van der Waals surface area contributed by atoms with Crippen LogP contribution in [0.4, 0.5) is 0 Å². The topological polar surface area (TPSA) is 60.9 Å². The molecule has 0 atom stereocenters. The Labute approximate surface area is 90.3 Å². The molecule has 2 heterocycles. The van der Waals surface area contributed by atoms with Crippen LogP contribution in [-0.4, -0.2) is 14.8 Å². The van der Waals surface area contributed by atoms with E-state index in [9.17, 15) is 4.79 Å². The van der Waals surface area contributed by atoms with Gasteiger partial charge in [0, 0.05) is 24.9 Å². The molecular weight excluding hydrogens is 218 g/mol. The lowest BCUT2D eigenvalue weighted by Crippen LogP contribution is -2.14. The fraction of sp³-hybridized carbons (Fsp3) is 0.222. The maximum absolute atomic E-state index is 11.3. The van der Waals surface area contributed by atoms with Crippen molar-refractivity contribution in [3.05, 3.63) is 34.6 Å². The van der Waals surface area contributed by atoms with Crippen LogP contribution < -0.4 is 5.56 Å². The highest BCUT2D eigenvalue weighted by molar-refractivity contribution is 6.16. The summed E-state index contributed by atoms with van der Waals surface area (Å²) in [5.41, 5.74) is 0.472. The fourth-order valence-corrected chi connectivity index (χ4v) is 1.21. The number of aromatic nitrogens is 3. The molecule has 0 saturated heterocycles. The van der Waals surface area contributed by atoms with Gasteiger partial charge in [0.25, 0.3) is 5.56 Å². The molecule has 0 fully saturated rings. The summed E-state index contributed by atoms with van der Waals surface area (Å²) in [7, 11) is 1.67. The fourth-order valence-electron chi connectivity index (χ4n) is 1.11. The second kappa shape index (κ2) is 3.86. The Morgan fingerprint density at radius 1 is 1.53 bits per heavy atom. The highest BCUT2D eigenvalue weighted by atomic mass is 35.5. The Morgan fingerprint density at radius 2 is 2.33 bits per heavy atom. The zero-order valence-electron chi connectivity index (χ0n) is 7.98. The van der Waals surface area contributed by atoms with Gasteiger partial charge in [-0.25, -0.2) is 0 Å². The van der Waals surface area contributed by atoms with Crippen molar-refractivity contribution in [2.75, 3.05) is 0 Å². The van der Waals surface area contributed by atoms with Crippen molar-refractivity contribution in [1.29, 1.82) is 0 Å². The summed E-state index contributed by atoms with van der Waals surface area (Å²) >= 11 is 5.52. The van der Waals surface area contributed by atoms with E-state index in [1.54, 1.807) is 19.3 Å². The summed E-state index contributed by atoms with van der Waals surface area (Å²) in [6, 6.07) is 3.17. The molecule has 0 aliphatic heterocycles. The van der Waals surface area contributed by atoms with E-state index in [0.717, 1.165) is 0 Å². The van der Waals surface area contributed by atoms with Crippen LogP contribution in [-0.2, 0) is 12.9 Å². The monoisotopic (exact) mass is 225 g/mol. The molecule has 2 aromatic heterocycles. The summed E-state index contributed by atoms with van der Waals surface area (Å²) in [5.74, 6) is 0.813. The predicted octanol–water partition coefficient (Wildman–Crippen LogP) is 1.17. The summed E-state index contributed by atoms with van der Waals surface area (Å²) in [6.07, 6.45) is 1.64. The van der Waals surface area contributed by atoms with E-state index in [1.165, 1.54) is 10.6 Å². The lowest BCUT2D eigenvalue weighted by molar-refractivity contribution is 0.527. The van der Waals surface area contributed by atoms with E-state index in [0.29, 0.717) is 17.3 Å². The molecule has 5 nitrogen and oxygen atoms in total. The maximum atomic E-state index is 11.3. The Kier molecular flexibility index (Phi) is 2.55. The van der Waals surface area contributed by atoms with Gasteiger partial charge in [-0.2, -0.15) is 0 Å². The lowest BCUT2D eigenvalue weighted by atomic mass is 10.3. The van der Waals surface area contributed by atoms with Crippen LogP contribution in [0.5, 0.6) is 0 Å². The number of hydrogen-bond donors (Lipinski definition) is 0. The van der Waals surface area contributed by atoms with E-state index in [1.807, 2.05) is 0 Å². The minimum atomic E-state index is -0.127. The third-order valence-electron chi connectivity index (χ3n) is 1.93. The second-order valence-electron chi connectivity index (χ2n) is 3.00. The Morgan fingerprint density at radius 3 is 2.93 bits per heavy atom. The van der Waals surface area contributed by atoms with Crippen LogP contribution in [0, 0.1) is 0 Å². The number of hydrogen-bond acceptors (Lipinski definition) is 4. The number of rotatable bonds is 2. The molecule has 6 heteroatoms. The molecule has 0 N–H and O–H groups in total. The first kappa shape index (κ1) is 9.92. The summed E-state index contributed by atoms with van der Waals surface area (Å²) in [6.45, 7) is 0. The van der Waals surface area contributed by atoms with Gasteiger partial charge in [-0.15, -0.1) is 21.8 Å². The van der Waals surface area contributed by atoms with Gasteiger partial charge in [-0.05, 0) is 6.07 Å². The standard InChI is InChI=1S/C9H8ClN3O2/c1-13-3-2-6(4-8(13)14)9-12-11-7(5-10)15-9/h2-4H,5H2,1H3. The normalized spacial score (nSPS) is 10.5. The molecule has 15 heavy (non-hydrogen) atoms. The minimum absolute atomic E-state index is 0.127. The summed E-state index contributed by atoms with van der Waals surface area (Å²) in [5, 5.41) is 7.48. The van der Waals surface area contributed by atoms with Gasteiger partial charge in [0.15, 0.2) is 0 Å². The van der Waals surface area contributed by atoms with Crippen LogP contribution in [0.15, 0.2) is 27.5 Å². The maximum Gasteiger partial charge on any atom is 0.251 e.